The quantitative estimate of drug-likeness (QED) is 0.344. The van der Waals surface area contributed by atoms with E-state index >= 15 is 0 Å². The van der Waals surface area contributed by atoms with E-state index in [1.807, 2.05) is 30.3 Å². The van der Waals surface area contributed by atoms with E-state index in [9.17, 15) is 24.9 Å². The zero-order valence-corrected chi connectivity index (χ0v) is 15.4. The summed E-state index contributed by atoms with van der Waals surface area (Å²) in [5.41, 5.74) is 6.70. The van der Waals surface area contributed by atoms with Crippen molar-refractivity contribution in [1.82, 2.24) is 5.32 Å². The summed E-state index contributed by atoms with van der Waals surface area (Å²) in [6, 6.07) is 6.98. The predicted octanol–water partition coefficient (Wildman–Crippen LogP) is -1.18. The molecule has 1 aliphatic rings. The minimum atomic E-state index is -1.60. The van der Waals surface area contributed by atoms with Gasteiger partial charge in [0.25, 0.3) is 0 Å². The molecule has 1 unspecified atom stereocenters. The van der Waals surface area contributed by atoms with Gasteiger partial charge in [0.1, 0.15) is 37.0 Å². The molecule has 0 spiro atoms. The van der Waals surface area contributed by atoms with Crippen molar-refractivity contribution in [3.8, 4) is 0 Å². The lowest BCUT2D eigenvalue weighted by atomic mass is 9.97. The number of hydrogen-bond acceptors (Lipinski definition) is 8. The van der Waals surface area contributed by atoms with Gasteiger partial charge in [0.2, 0.25) is 5.91 Å². The molecule has 1 saturated heterocycles. The van der Waals surface area contributed by atoms with Crippen molar-refractivity contribution in [3.05, 3.63) is 35.9 Å². The molecule has 1 aromatic rings. The van der Waals surface area contributed by atoms with E-state index in [-0.39, 0.29) is 19.7 Å². The zero-order chi connectivity index (χ0) is 21.4. The molecule has 28 heavy (non-hydrogen) atoms. The summed E-state index contributed by atoms with van der Waals surface area (Å²) < 4.78 is 17.3. The van der Waals surface area contributed by atoms with Crippen LogP contribution in [-0.4, -0.2) is 70.5 Å². The lowest BCUT2D eigenvalue weighted by Gasteiger charge is -2.40. The average molecular weight is 397 g/mol. The fourth-order valence-electron chi connectivity index (χ4n) is 2.88. The van der Waals surface area contributed by atoms with Crippen LogP contribution in [0.1, 0.15) is 26.7 Å². The monoisotopic (exact) mass is 397 g/mol. The third kappa shape index (κ3) is 5.98. The summed E-state index contributed by atoms with van der Waals surface area (Å²) in [6.07, 6.45) is -5.17. The molecule has 1 aromatic carbocycles. The predicted molar refractivity (Wildman–Crippen MR) is 98.8 cm³/mol. The number of carbonyl (C=O) groups excluding carboxylic acids is 2. The molecule has 0 saturated carbocycles. The first kappa shape index (κ1) is 20.7. The number of amides is 1. The van der Waals surface area contributed by atoms with Crippen molar-refractivity contribution in [2.45, 2.75) is 62.8 Å². The van der Waals surface area contributed by atoms with Crippen LogP contribution in [0.25, 0.3) is 0 Å². The maximum atomic E-state index is 12.1. The van der Waals surface area contributed by atoms with E-state index < -0.39 is 55.2 Å². The van der Waals surface area contributed by atoms with Crippen molar-refractivity contribution in [2.75, 3.05) is 6.61 Å². The maximum Gasteiger partial charge on any atom is 0.323 e. The second kappa shape index (κ2) is 10.5. The molecule has 1 fully saturated rings. The third-order valence-electron chi connectivity index (χ3n) is 4.44. The molecule has 9 heteroatoms. The first-order valence-electron chi connectivity index (χ1n) is 9.78. The Balaban J connectivity index is 1.84. The van der Waals surface area contributed by atoms with Crippen LogP contribution < -0.4 is 11.1 Å². The lowest BCUT2D eigenvalue weighted by molar-refractivity contribution is -0.255. The molecular formula is C19H28N2O7. The van der Waals surface area contributed by atoms with Gasteiger partial charge in [-0.2, -0.15) is 0 Å². The van der Waals surface area contributed by atoms with Crippen LogP contribution in [0.4, 0.5) is 0 Å². The molecule has 0 aliphatic carbocycles. The Morgan fingerprint density at radius 3 is 2.68 bits per heavy atom. The Morgan fingerprint density at radius 2 is 2.00 bits per heavy atom. The number of esters is 1. The van der Waals surface area contributed by atoms with Gasteiger partial charge in [0, 0.05) is 7.79 Å². The van der Waals surface area contributed by atoms with Crippen LogP contribution in [0.5, 0.6) is 0 Å². The molecular weight excluding hydrogens is 368 g/mol. The maximum absolute atomic E-state index is 12.1. The molecule has 1 amide bonds. The van der Waals surface area contributed by atoms with Crippen LogP contribution in [0, 0.1) is 0 Å². The highest BCUT2D eigenvalue weighted by atomic mass is 16.6. The molecule has 9 nitrogen and oxygen atoms in total. The van der Waals surface area contributed by atoms with Gasteiger partial charge in [-0.1, -0.05) is 37.2 Å². The summed E-state index contributed by atoms with van der Waals surface area (Å²) in [4.78, 5) is 23.8. The highest BCUT2D eigenvalue weighted by Crippen LogP contribution is 2.20. The lowest BCUT2D eigenvalue weighted by Crippen LogP contribution is -2.64. The Morgan fingerprint density at radius 1 is 1.29 bits per heavy atom. The van der Waals surface area contributed by atoms with Crippen molar-refractivity contribution in [2.24, 2.45) is 5.73 Å². The molecule has 0 radical (unpaired) electrons. The van der Waals surface area contributed by atoms with Gasteiger partial charge >= 0.3 is 5.97 Å². The van der Waals surface area contributed by atoms with Crippen LogP contribution in [-0.2, 0) is 25.5 Å². The molecule has 1 aliphatic heterocycles. The standard InChI is InChI=1S/C19H28N2O7/c1-2-6-14(22)21-15-17(24)16(23)13(28-19(15)26)10-27-18(25)12(20)9-11-7-4-3-5-8-11/h3-5,7-8,12-13,15-17,19,23-24,26H,2,6,9-10,20H2,1H3,(H,21,22)/t12-,13+,15+,16+,17+,19?/m0/s1/i1D. The van der Waals surface area contributed by atoms with Gasteiger partial charge in [0.05, 0.1) is 0 Å². The summed E-state index contributed by atoms with van der Waals surface area (Å²) >= 11 is 0. The highest BCUT2D eigenvalue weighted by molar-refractivity contribution is 5.76. The Bertz CT molecular complexity index is 663. The first-order valence-corrected chi connectivity index (χ1v) is 9.08. The minimum absolute atomic E-state index is 0.0515. The molecule has 0 bridgehead atoms. The summed E-state index contributed by atoms with van der Waals surface area (Å²) in [6.45, 7) is -0.349. The van der Waals surface area contributed by atoms with Crippen LogP contribution >= 0.6 is 0 Å². The largest absolute Gasteiger partial charge is 0.462 e. The second-order valence-electron chi connectivity index (χ2n) is 6.67. The van der Waals surface area contributed by atoms with E-state index in [1.165, 1.54) is 0 Å². The SMILES string of the molecule is [2H]CCCC(=O)N[C@H]1C(O)O[C@H](COC(=O)[C@@H](N)Cc2ccccc2)[C@@H](O)[C@@H]1O. The van der Waals surface area contributed by atoms with Crippen molar-refractivity contribution in [3.63, 3.8) is 0 Å². The van der Waals surface area contributed by atoms with Crippen LogP contribution in [0.3, 0.4) is 0 Å². The number of hydrogen-bond donors (Lipinski definition) is 5. The fourth-order valence-corrected chi connectivity index (χ4v) is 2.88. The van der Waals surface area contributed by atoms with E-state index in [4.69, 9.17) is 16.6 Å². The Hall–Kier alpha value is -2.04. The smallest absolute Gasteiger partial charge is 0.323 e. The number of aliphatic hydroxyl groups excluding tert-OH is 3. The Labute approximate surface area is 164 Å². The molecule has 1 heterocycles. The average Bonchev–Trinajstić information content (AvgIpc) is 2.71. The molecule has 0 aromatic heterocycles. The number of benzene rings is 1. The minimum Gasteiger partial charge on any atom is -0.462 e. The normalized spacial score (nSPS) is 28.9. The molecule has 156 valence electrons. The van der Waals surface area contributed by atoms with Gasteiger partial charge < -0.3 is 35.8 Å². The summed E-state index contributed by atoms with van der Waals surface area (Å²) in [5.74, 6) is -1.19. The number of rotatable bonds is 8. The van der Waals surface area contributed by atoms with Crippen molar-refractivity contribution >= 4 is 11.9 Å². The Kier molecular flexibility index (Phi) is 7.75. The van der Waals surface area contributed by atoms with E-state index in [1.54, 1.807) is 0 Å². The first-order chi connectivity index (χ1) is 13.8. The zero-order valence-electron chi connectivity index (χ0n) is 16.4. The number of aliphatic hydroxyl groups is 3. The number of ether oxygens (including phenoxy) is 2. The number of nitrogens with two attached hydrogens (primary N) is 1. The van der Waals surface area contributed by atoms with Gasteiger partial charge in [-0.15, -0.1) is 0 Å². The van der Waals surface area contributed by atoms with Gasteiger partial charge in [-0.25, -0.2) is 0 Å². The van der Waals surface area contributed by atoms with E-state index in [2.05, 4.69) is 5.32 Å². The number of nitrogens with one attached hydrogen (secondary N) is 1. The fraction of sp³-hybridized carbons (Fsp3) is 0.579. The van der Waals surface area contributed by atoms with E-state index in [0.717, 1.165) is 5.56 Å². The molecule has 6 atom stereocenters. The molecule has 2 rings (SSSR count). The van der Waals surface area contributed by atoms with Gasteiger partial charge in [-0.05, 0) is 18.4 Å². The van der Waals surface area contributed by atoms with Crippen molar-refractivity contribution in [1.29, 1.82) is 0 Å². The number of carbonyl (C=O) groups is 2. The topological polar surface area (TPSA) is 151 Å². The highest BCUT2D eigenvalue weighted by Gasteiger charge is 2.45. The van der Waals surface area contributed by atoms with Gasteiger partial charge in [-0.3, -0.25) is 9.59 Å². The second-order valence-corrected chi connectivity index (χ2v) is 6.67. The van der Waals surface area contributed by atoms with E-state index in [0.29, 0.717) is 6.42 Å². The van der Waals surface area contributed by atoms with Crippen molar-refractivity contribution < 1.29 is 35.8 Å². The van der Waals surface area contributed by atoms with Crippen LogP contribution in [0.2, 0.25) is 0 Å². The van der Waals surface area contributed by atoms with Gasteiger partial charge in [0.15, 0.2) is 6.29 Å². The van der Waals surface area contributed by atoms with Crippen LogP contribution in [0.15, 0.2) is 30.3 Å². The third-order valence-corrected chi connectivity index (χ3v) is 4.44. The summed E-state index contributed by atoms with van der Waals surface area (Å²) in [7, 11) is 0. The molecule has 6 N–H and O–H groups in total. The summed E-state index contributed by atoms with van der Waals surface area (Å²) in [5, 5.41) is 32.9.